The van der Waals surface area contributed by atoms with Crippen LogP contribution in [0.2, 0.25) is 0 Å². The molecule has 0 aliphatic carbocycles. The molecule has 8 heteroatoms. The molecule has 0 aromatic carbocycles. The Morgan fingerprint density at radius 2 is 2.12 bits per heavy atom. The minimum absolute atomic E-state index is 0.00379. The van der Waals surface area contributed by atoms with Crippen molar-refractivity contribution in [3.63, 3.8) is 0 Å². The molecule has 1 aliphatic rings. The van der Waals surface area contributed by atoms with Crippen LogP contribution in [0.3, 0.4) is 0 Å². The number of aliphatic hydroxyl groups is 1. The molecule has 1 saturated heterocycles. The van der Waals surface area contributed by atoms with Gasteiger partial charge in [0.15, 0.2) is 0 Å². The van der Waals surface area contributed by atoms with Crippen molar-refractivity contribution in [1.82, 2.24) is 10.2 Å². The van der Waals surface area contributed by atoms with Crippen LogP contribution >= 0.6 is 12.2 Å². The second kappa shape index (κ2) is 9.08. The van der Waals surface area contributed by atoms with Crippen LogP contribution < -0.4 is 5.32 Å². The lowest BCUT2D eigenvalue weighted by molar-refractivity contribution is -0.169. The fourth-order valence-electron chi connectivity index (χ4n) is 2.52. The molecule has 1 fully saturated rings. The van der Waals surface area contributed by atoms with E-state index in [1.165, 1.54) is 6.92 Å². The van der Waals surface area contributed by atoms with E-state index in [0.717, 1.165) is 11.3 Å². The second-order valence-electron chi connectivity index (χ2n) is 6.36. The molecule has 1 aliphatic heterocycles. The van der Waals surface area contributed by atoms with Crippen LogP contribution in [0, 0.1) is 0 Å². The van der Waals surface area contributed by atoms with Gasteiger partial charge in [0.2, 0.25) is 18.0 Å². The zero-order chi connectivity index (χ0) is 18.3. The van der Waals surface area contributed by atoms with Crippen LogP contribution in [0.15, 0.2) is 0 Å². The zero-order valence-corrected chi connectivity index (χ0v) is 15.3. The first-order valence-electron chi connectivity index (χ1n) is 8.13. The molecule has 1 heterocycles. The molecule has 1 rings (SSSR count). The van der Waals surface area contributed by atoms with E-state index >= 15 is 0 Å². The van der Waals surface area contributed by atoms with Crippen molar-refractivity contribution in [2.45, 2.75) is 64.6 Å². The third-order valence-corrected chi connectivity index (χ3v) is 4.21. The van der Waals surface area contributed by atoms with Crippen LogP contribution in [0.5, 0.6) is 0 Å². The summed E-state index contributed by atoms with van der Waals surface area (Å²) in [6.07, 6.45) is 1.25. The fraction of sp³-hybridized carbons (Fsp3) is 0.750. The molecule has 2 N–H and O–H groups in total. The van der Waals surface area contributed by atoms with Gasteiger partial charge < -0.3 is 20.1 Å². The molecule has 24 heavy (non-hydrogen) atoms. The number of rotatable bonds is 10. The highest BCUT2D eigenvalue weighted by atomic mass is 32.1. The molecule has 2 amide bonds. The van der Waals surface area contributed by atoms with Crippen LogP contribution in [-0.2, 0) is 19.1 Å². The van der Waals surface area contributed by atoms with E-state index in [4.69, 9.17) is 17.0 Å². The van der Waals surface area contributed by atoms with Crippen LogP contribution in [0.4, 0.5) is 0 Å². The normalized spacial score (nSPS) is 20.6. The molecule has 2 unspecified atom stereocenters. The summed E-state index contributed by atoms with van der Waals surface area (Å²) in [4.78, 5) is 36.2. The van der Waals surface area contributed by atoms with Gasteiger partial charge >= 0.3 is 5.97 Å². The van der Waals surface area contributed by atoms with Gasteiger partial charge in [-0.1, -0.05) is 25.6 Å². The highest BCUT2D eigenvalue weighted by molar-refractivity contribution is 7.80. The first-order chi connectivity index (χ1) is 11.2. The second-order valence-corrected chi connectivity index (χ2v) is 6.94. The number of thiocarbonyl (C=S) groups is 1. The number of nitrogens with one attached hydrogen (secondary N) is 1. The highest BCUT2D eigenvalue weighted by Crippen LogP contribution is 2.24. The number of esters is 1. The average Bonchev–Trinajstić information content (AvgIpc) is 2.45. The van der Waals surface area contributed by atoms with Gasteiger partial charge in [0, 0.05) is 26.3 Å². The predicted octanol–water partition coefficient (Wildman–Crippen LogP) is 0.925. The summed E-state index contributed by atoms with van der Waals surface area (Å²) in [5, 5.41) is 12.8. The van der Waals surface area contributed by atoms with E-state index in [2.05, 4.69) is 5.32 Å². The lowest BCUT2D eigenvalue weighted by Crippen LogP contribution is -2.59. The quantitative estimate of drug-likeness (QED) is 0.198. The maximum Gasteiger partial charge on any atom is 0.356 e. The lowest BCUT2D eigenvalue weighted by Gasteiger charge is -2.39. The molecule has 2 atom stereocenters. The van der Waals surface area contributed by atoms with Gasteiger partial charge in [-0.15, -0.1) is 0 Å². The molecule has 0 saturated carbocycles. The van der Waals surface area contributed by atoms with Gasteiger partial charge in [-0.2, -0.15) is 0 Å². The minimum Gasteiger partial charge on any atom is -0.462 e. The van der Waals surface area contributed by atoms with Crippen LogP contribution in [0.1, 0.15) is 52.9 Å². The Morgan fingerprint density at radius 1 is 1.50 bits per heavy atom. The summed E-state index contributed by atoms with van der Waals surface area (Å²) >= 11 is 5.30. The number of hydrogen-bond donors (Lipinski definition) is 2. The molecular formula is C16H26N2O5S. The third-order valence-electron chi connectivity index (χ3n) is 3.86. The van der Waals surface area contributed by atoms with Crippen molar-refractivity contribution in [3.8, 4) is 0 Å². The van der Waals surface area contributed by atoms with Gasteiger partial charge in [-0.05, 0) is 24.6 Å². The Labute approximate surface area is 147 Å². The molecule has 0 spiro atoms. The first-order valence-corrected chi connectivity index (χ1v) is 8.54. The predicted molar refractivity (Wildman–Crippen MR) is 92.3 cm³/mol. The lowest BCUT2D eigenvalue weighted by atomic mass is 9.84. The summed E-state index contributed by atoms with van der Waals surface area (Å²) in [7, 11) is 0. The molecule has 0 bridgehead atoms. The molecule has 136 valence electrons. The van der Waals surface area contributed by atoms with Crippen molar-refractivity contribution >= 4 is 34.9 Å². The number of unbranched alkanes of at least 4 members (excludes halogenated alkanes) is 1. The van der Waals surface area contributed by atoms with Gasteiger partial charge in [-0.25, -0.2) is 4.79 Å². The Kier molecular flexibility index (Phi) is 7.75. The van der Waals surface area contributed by atoms with E-state index in [1.807, 2.05) is 13.8 Å². The zero-order valence-electron chi connectivity index (χ0n) is 14.5. The van der Waals surface area contributed by atoms with Crippen molar-refractivity contribution in [2.24, 2.45) is 0 Å². The Hall–Kier alpha value is -1.54. The maximum atomic E-state index is 11.8. The number of nitrogens with zero attached hydrogens (tertiary/aromatic N) is 1. The maximum absolute atomic E-state index is 11.8. The SMILES string of the molecule is CCCCOC(=O)C(O)N(CCC(=S)CC1(C)CC(=O)N1)C(C)=O. The summed E-state index contributed by atoms with van der Waals surface area (Å²) < 4.78 is 4.94. The molecule has 7 nitrogen and oxygen atoms in total. The molecule has 0 aromatic rings. The standard InChI is InChI=1S/C16H26N2O5S/c1-4-5-8-23-15(22)14(21)18(11(2)19)7-6-12(24)9-16(3)10-13(20)17-16/h14,21H,4-10H2,1-3H3,(H,17,20). The minimum atomic E-state index is -1.62. The Bertz CT molecular complexity index is 501. The molecular weight excluding hydrogens is 332 g/mol. The number of aliphatic hydroxyl groups excluding tert-OH is 1. The van der Waals surface area contributed by atoms with Crippen molar-refractivity contribution < 1.29 is 24.2 Å². The van der Waals surface area contributed by atoms with E-state index in [9.17, 15) is 19.5 Å². The van der Waals surface area contributed by atoms with Crippen molar-refractivity contribution in [1.29, 1.82) is 0 Å². The largest absolute Gasteiger partial charge is 0.462 e. The van der Waals surface area contributed by atoms with E-state index in [1.54, 1.807) is 0 Å². The third kappa shape index (κ3) is 6.16. The fourth-order valence-corrected chi connectivity index (χ4v) is 2.93. The Balaban J connectivity index is 2.47. The highest BCUT2D eigenvalue weighted by Gasteiger charge is 2.38. The summed E-state index contributed by atoms with van der Waals surface area (Å²) in [6.45, 7) is 5.48. The van der Waals surface area contributed by atoms with E-state index < -0.39 is 18.1 Å². The van der Waals surface area contributed by atoms with E-state index in [0.29, 0.717) is 30.5 Å². The number of ether oxygens (including phenoxy) is 1. The smallest absolute Gasteiger partial charge is 0.356 e. The number of β-lactam (4-membered cyclic amide) rings is 1. The first kappa shape index (κ1) is 20.5. The average molecular weight is 358 g/mol. The molecule has 0 aromatic heterocycles. The van der Waals surface area contributed by atoms with Gasteiger partial charge in [-0.3, -0.25) is 9.59 Å². The van der Waals surface area contributed by atoms with Crippen molar-refractivity contribution in [2.75, 3.05) is 13.2 Å². The molecule has 0 radical (unpaired) electrons. The number of amides is 2. The number of hydrogen-bond acceptors (Lipinski definition) is 6. The van der Waals surface area contributed by atoms with Crippen molar-refractivity contribution in [3.05, 3.63) is 0 Å². The number of carbonyl (C=O) groups excluding carboxylic acids is 3. The van der Waals surface area contributed by atoms with Gasteiger partial charge in [0.05, 0.1) is 12.1 Å². The van der Waals surface area contributed by atoms with Crippen LogP contribution in [-0.4, -0.2) is 57.6 Å². The summed E-state index contributed by atoms with van der Waals surface area (Å²) in [5.41, 5.74) is -0.326. The number of carbonyl (C=O) groups is 3. The summed E-state index contributed by atoms with van der Waals surface area (Å²) in [5.74, 6) is -1.26. The monoisotopic (exact) mass is 358 g/mol. The van der Waals surface area contributed by atoms with Gasteiger partial charge in [0.25, 0.3) is 0 Å². The topological polar surface area (TPSA) is 95.9 Å². The van der Waals surface area contributed by atoms with Crippen LogP contribution in [0.25, 0.3) is 0 Å². The van der Waals surface area contributed by atoms with Gasteiger partial charge in [0.1, 0.15) is 0 Å². The Morgan fingerprint density at radius 3 is 2.62 bits per heavy atom. The summed E-state index contributed by atoms with van der Waals surface area (Å²) in [6, 6.07) is 0. The van der Waals surface area contributed by atoms with E-state index in [-0.39, 0.29) is 24.6 Å².